The lowest BCUT2D eigenvalue weighted by molar-refractivity contribution is 0.0698. The summed E-state index contributed by atoms with van der Waals surface area (Å²) >= 11 is 0. The highest BCUT2D eigenvalue weighted by Crippen LogP contribution is 2.24. The van der Waals surface area contributed by atoms with Gasteiger partial charge in [-0.05, 0) is 18.1 Å². The number of aromatic carboxylic acids is 1. The Morgan fingerprint density at radius 2 is 2.00 bits per heavy atom. The third-order valence-corrected chi connectivity index (χ3v) is 3.57. The number of H-pyrrole nitrogens is 1. The van der Waals surface area contributed by atoms with Crippen molar-refractivity contribution in [2.75, 3.05) is 7.11 Å². The van der Waals surface area contributed by atoms with Crippen molar-refractivity contribution in [3.05, 3.63) is 59.4 Å². The smallest absolute Gasteiger partial charge is 0.338 e. The summed E-state index contributed by atoms with van der Waals surface area (Å²) in [4.78, 5) is 19.0. The molecule has 2 N–H and O–H groups in total. The van der Waals surface area contributed by atoms with Crippen molar-refractivity contribution in [2.24, 2.45) is 0 Å². The van der Waals surface area contributed by atoms with E-state index in [2.05, 4.69) is 22.1 Å². The number of hydrogen-bond acceptors (Lipinski definition) is 3. The number of imidazole rings is 1. The summed E-state index contributed by atoms with van der Waals surface area (Å²) in [5.41, 5.74) is 2.52. The molecule has 0 aliphatic heterocycles. The van der Waals surface area contributed by atoms with Crippen LogP contribution < -0.4 is 4.74 Å². The predicted octanol–water partition coefficient (Wildman–Crippen LogP) is 3.05. The van der Waals surface area contributed by atoms with Crippen molar-refractivity contribution in [3.8, 4) is 5.75 Å². The van der Waals surface area contributed by atoms with Gasteiger partial charge in [-0.3, -0.25) is 0 Å². The van der Waals surface area contributed by atoms with E-state index in [1.165, 1.54) is 18.7 Å². The number of methoxy groups -OCH3 is 1. The highest BCUT2D eigenvalue weighted by atomic mass is 16.5. The number of aromatic amines is 1. The molecule has 3 aromatic rings. The van der Waals surface area contributed by atoms with Crippen LogP contribution in [0.5, 0.6) is 5.75 Å². The van der Waals surface area contributed by atoms with Gasteiger partial charge >= 0.3 is 5.97 Å². The summed E-state index contributed by atoms with van der Waals surface area (Å²) in [6.07, 6.45) is 1.57. The number of benzene rings is 2. The highest BCUT2D eigenvalue weighted by Gasteiger charge is 2.15. The molecule has 112 valence electrons. The molecule has 0 aliphatic carbocycles. The number of carboxylic acids is 1. The molecular weight excluding hydrogens is 280 g/mol. The van der Waals surface area contributed by atoms with E-state index < -0.39 is 5.97 Å². The molecular formula is C17H16N2O3. The number of fused-ring (bicyclic) bond motifs is 1. The molecule has 0 aliphatic rings. The van der Waals surface area contributed by atoms with Crippen molar-refractivity contribution in [1.82, 2.24) is 9.97 Å². The van der Waals surface area contributed by atoms with E-state index in [1.54, 1.807) is 6.07 Å². The number of nitrogens with one attached hydrogen (secondary N) is 1. The Kier molecular flexibility index (Phi) is 3.78. The van der Waals surface area contributed by atoms with Gasteiger partial charge in [0.1, 0.15) is 17.1 Å². The molecule has 0 saturated carbocycles. The number of aromatic nitrogens is 2. The monoisotopic (exact) mass is 296 g/mol. The summed E-state index contributed by atoms with van der Waals surface area (Å²) in [7, 11) is 1.51. The van der Waals surface area contributed by atoms with Crippen molar-refractivity contribution in [2.45, 2.75) is 12.8 Å². The van der Waals surface area contributed by atoms with Gasteiger partial charge in [0.2, 0.25) is 0 Å². The summed E-state index contributed by atoms with van der Waals surface area (Å²) in [6, 6.07) is 13.4. The van der Waals surface area contributed by atoms with Gasteiger partial charge in [0.25, 0.3) is 0 Å². The third kappa shape index (κ3) is 2.79. The number of nitrogens with zero attached hydrogens (tertiary/aromatic N) is 1. The summed E-state index contributed by atoms with van der Waals surface area (Å²) < 4.78 is 5.14. The summed E-state index contributed by atoms with van der Waals surface area (Å²) in [5.74, 6) is 0.266. The minimum absolute atomic E-state index is 0.150. The summed E-state index contributed by atoms with van der Waals surface area (Å²) in [5, 5.41) is 9.31. The zero-order chi connectivity index (χ0) is 15.5. The molecule has 2 aromatic carbocycles. The van der Waals surface area contributed by atoms with E-state index in [-0.39, 0.29) is 5.56 Å². The van der Waals surface area contributed by atoms with Crippen molar-refractivity contribution < 1.29 is 14.6 Å². The van der Waals surface area contributed by atoms with Gasteiger partial charge in [-0.15, -0.1) is 0 Å². The second kappa shape index (κ2) is 5.89. The Morgan fingerprint density at radius 1 is 1.23 bits per heavy atom. The lowest BCUT2D eigenvalue weighted by Gasteiger charge is -2.01. The first-order chi connectivity index (χ1) is 10.7. The normalized spacial score (nSPS) is 10.8. The lowest BCUT2D eigenvalue weighted by atomic mass is 10.1. The number of aryl methyl sites for hydroxylation is 2. The standard InChI is InChI=1S/C17H16N2O3/c1-22-12-9-13(17(20)21)16-14(10-12)18-15(19-16)8-7-11-5-3-2-4-6-11/h2-6,9-10H,7-8H2,1H3,(H,18,19)(H,20,21). The summed E-state index contributed by atoms with van der Waals surface area (Å²) in [6.45, 7) is 0. The first-order valence-electron chi connectivity index (χ1n) is 7.01. The molecule has 0 fully saturated rings. The maximum Gasteiger partial charge on any atom is 0.338 e. The zero-order valence-electron chi connectivity index (χ0n) is 12.2. The van der Waals surface area contributed by atoms with Gasteiger partial charge in [0, 0.05) is 12.5 Å². The van der Waals surface area contributed by atoms with Crippen molar-refractivity contribution in [1.29, 1.82) is 0 Å². The SMILES string of the molecule is COc1cc(C(=O)O)c2nc(CCc3ccccc3)[nH]c2c1. The van der Waals surface area contributed by atoms with E-state index >= 15 is 0 Å². The molecule has 0 amide bonds. The molecule has 0 radical (unpaired) electrons. The fourth-order valence-corrected chi connectivity index (χ4v) is 2.45. The first kappa shape index (κ1) is 14.1. The van der Waals surface area contributed by atoms with Crippen LogP contribution in [0.2, 0.25) is 0 Å². The zero-order valence-corrected chi connectivity index (χ0v) is 12.2. The molecule has 1 heterocycles. The second-order valence-corrected chi connectivity index (χ2v) is 5.05. The Bertz CT molecular complexity index is 809. The Hall–Kier alpha value is -2.82. The van der Waals surface area contributed by atoms with Gasteiger partial charge in [-0.2, -0.15) is 0 Å². The number of carbonyl (C=O) groups is 1. The molecule has 22 heavy (non-hydrogen) atoms. The van der Waals surface area contributed by atoms with E-state index in [0.717, 1.165) is 18.7 Å². The van der Waals surface area contributed by atoms with Crippen LogP contribution in [0, 0.1) is 0 Å². The maximum absolute atomic E-state index is 11.4. The molecule has 0 unspecified atom stereocenters. The average molecular weight is 296 g/mol. The lowest BCUT2D eigenvalue weighted by Crippen LogP contribution is -1.98. The molecule has 0 saturated heterocycles. The Labute approximate surface area is 127 Å². The fourth-order valence-electron chi connectivity index (χ4n) is 2.45. The van der Waals surface area contributed by atoms with Crippen LogP contribution in [-0.4, -0.2) is 28.2 Å². The number of rotatable bonds is 5. The predicted molar refractivity (Wildman–Crippen MR) is 83.5 cm³/mol. The van der Waals surface area contributed by atoms with Crippen LogP contribution in [0.1, 0.15) is 21.7 Å². The van der Waals surface area contributed by atoms with Crippen molar-refractivity contribution in [3.63, 3.8) is 0 Å². The molecule has 1 aromatic heterocycles. The van der Waals surface area contributed by atoms with Crippen molar-refractivity contribution >= 4 is 17.0 Å². The van der Waals surface area contributed by atoms with Gasteiger partial charge in [-0.1, -0.05) is 30.3 Å². The van der Waals surface area contributed by atoms with E-state index in [0.29, 0.717) is 16.8 Å². The molecule has 0 atom stereocenters. The average Bonchev–Trinajstić information content (AvgIpc) is 2.95. The van der Waals surface area contributed by atoms with Crippen LogP contribution >= 0.6 is 0 Å². The minimum atomic E-state index is -1.01. The van der Waals surface area contributed by atoms with E-state index in [9.17, 15) is 9.90 Å². The maximum atomic E-state index is 11.4. The fraction of sp³-hybridized carbons (Fsp3) is 0.176. The van der Waals surface area contributed by atoms with E-state index in [4.69, 9.17) is 4.74 Å². The number of ether oxygens (including phenoxy) is 1. The van der Waals surface area contributed by atoms with Gasteiger partial charge in [0.05, 0.1) is 18.2 Å². The van der Waals surface area contributed by atoms with Gasteiger partial charge in [-0.25, -0.2) is 9.78 Å². The largest absolute Gasteiger partial charge is 0.497 e. The molecule has 0 spiro atoms. The van der Waals surface area contributed by atoms with Crippen LogP contribution in [-0.2, 0) is 12.8 Å². The molecule has 5 nitrogen and oxygen atoms in total. The third-order valence-electron chi connectivity index (χ3n) is 3.57. The number of hydrogen-bond donors (Lipinski definition) is 2. The first-order valence-corrected chi connectivity index (χ1v) is 7.01. The Morgan fingerprint density at radius 3 is 2.68 bits per heavy atom. The molecule has 3 rings (SSSR count). The van der Waals surface area contributed by atoms with Crippen LogP contribution in [0.25, 0.3) is 11.0 Å². The van der Waals surface area contributed by atoms with Crippen LogP contribution in [0.4, 0.5) is 0 Å². The van der Waals surface area contributed by atoms with Crippen LogP contribution in [0.15, 0.2) is 42.5 Å². The Balaban J connectivity index is 1.92. The minimum Gasteiger partial charge on any atom is -0.497 e. The molecule has 0 bridgehead atoms. The van der Waals surface area contributed by atoms with Gasteiger partial charge in [0.15, 0.2) is 0 Å². The number of carboxylic acid groups (broad SMARTS) is 1. The second-order valence-electron chi connectivity index (χ2n) is 5.05. The quantitative estimate of drug-likeness (QED) is 0.758. The van der Waals surface area contributed by atoms with E-state index in [1.807, 2.05) is 18.2 Å². The van der Waals surface area contributed by atoms with Crippen LogP contribution in [0.3, 0.4) is 0 Å². The molecule has 5 heteroatoms. The van der Waals surface area contributed by atoms with Gasteiger partial charge < -0.3 is 14.8 Å². The highest BCUT2D eigenvalue weighted by molar-refractivity contribution is 6.01. The topological polar surface area (TPSA) is 75.2 Å².